The van der Waals surface area contributed by atoms with E-state index in [-0.39, 0.29) is 0 Å². The van der Waals surface area contributed by atoms with Crippen molar-refractivity contribution in [3.05, 3.63) is 63.9 Å². The minimum atomic E-state index is -0.959. The predicted molar refractivity (Wildman–Crippen MR) is 127 cm³/mol. The molecule has 1 aliphatic heterocycles. The lowest BCUT2D eigenvalue weighted by atomic mass is 9.99. The minimum Gasteiger partial charge on any atom is -0.383 e. The number of hydrogen-bond acceptors (Lipinski definition) is 3. The van der Waals surface area contributed by atoms with Crippen LogP contribution in [0.1, 0.15) is 55.2 Å². The molecule has 0 saturated carbocycles. The van der Waals surface area contributed by atoms with Crippen LogP contribution >= 0.6 is 11.6 Å². The summed E-state index contributed by atoms with van der Waals surface area (Å²) >= 11 is 6.42. The van der Waals surface area contributed by atoms with E-state index < -0.39 is 5.60 Å². The third-order valence-corrected chi connectivity index (χ3v) is 7.40. The highest BCUT2D eigenvalue weighted by Gasteiger charge is 2.32. The second-order valence-electron chi connectivity index (χ2n) is 10.0. The van der Waals surface area contributed by atoms with Gasteiger partial charge in [0.05, 0.1) is 11.0 Å². The highest BCUT2D eigenvalue weighted by atomic mass is 35.5. The summed E-state index contributed by atoms with van der Waals surface area (Å²) in [5.74, 6) is 1.45. The number of piperidine rings is 1. The Morgan fingerprint density at radius 3 is 2.61 bits per heavy atom. The summed E-state index contributed by atoms with van der Waals surface area (Å²) in [7, 11) is 0. The van der Waals surface area contributed by atoms with Crippen LogP contribution in [0.3, 0.4) is 0 Å². The Kier molecular flexibility index (Phi) is 5.36. The minimum absolute atomic E-state index is 0.376. The summed E-state index contributed by atoms with van der Waals surface area (Å²) in [4.78, 5) is 7.46. The number of aryl methyl sites for hydroxylation is 1. The third kappa shape index (κ3) is 4.02. The average Bonchev–Trinajstić information content (AvgIpc) is 3.30. The van der Waals surface area contributed by atoms with Gasteiger partial charge < -0.3 is 14.6 Å². The molecule has 2 aromatic carbocycles. The quantitative estimate of drug-likeness (QED) is 0.603. The Bertz CT molecular complexity index is 1110. The summed E-state index contributed by atoms with van der Waals surface area (Å²) in [6.45, 7) is 9.09. The van der Waals surface area contributed by atoms with Crippen molar-refractivity contribution in [3.63, 3.8) is 0 Å². The normalized spacial score (nSPS) is 20.5. The van der Waals surface area contributed by atoms with Crippen LogP contribution in [0.25, 0.3) is 11.0 Å². The van der Waals surface area contributed by atoms with Crippen molar-refractivity contribution >= 4 is 22.6 Å². The lowest BCUT2D eigenvalue weighted by Crippen LogP contribution is -2.39. The molecule has 2 heterocycles. The van der Waals surface area contributed by atoms with Crippen LogP contribution in [0.4, 0.5) is 0 Å². The van der Waals surface area contributed by atoms with E-state index in [0.29, 0.717) is 12.0 Å². The highest BCUT2D eigenvalue weighted by Crippen LogP contribution is 2.36. The number of likely N-dealkylation sites (tertiary alicyclic amines) is 1. The first kappa shape index (κ1) is 21.0. The molecule has 5 heteroatoms. The maximum absolute atomic E-state index is 10.8. The Balaban J connectivity index is 1.30. The van der Waals surface area contributed by atoms with E-state index in [1.165, 1.54) is 16.7 Å². The number of hydrogen-bond donors (Lipinski definition) is 1. The van der Waals surface area contributed by atoms with E-state index in [2.05, 4.69) is 46.7 Å². The van der Waals surface area contributed by atoms with Crippen molar-refractivity contribution in [2.75, 3.05) is 19.6 Å². The first-order valence-electron chi connectivity index (χ1n) is 11.5. The van der Waals surface area contributed by atoms with Gasteiger partial charge in [0.1, 0.15) is 11.4 Å². The maximum Gasteiger partial charge on any atom is 0.141 e. The van der Waals surface area contributed by atoms with E-state index in [9.17, 15) is 5.11 Å². The monoisotopic (exact) mass is 437 g/mol. The number of benzene rings is 2. The van der Waals surface area contributed by atoms with Crippen LogP contribution in [0.2, 0.25) is 5.02 Å². The number of rotatable bonds is 4. The largest absolute Gasteiger partial charge is 0.383 e. The fourth-order valence-corrected chi connectivity index (χ4v) is 5.83. The first-order valence-corrected chi connectivity index (χ1v) is 11.9. The zero-order chi connectivity index (χ0) is 21.8. The molecule has 5 rings (SSSR count). The number of nitrogens with zero attached hydrogens (tertiary/aromatic N) is 3. The van der Waals surface area contributed by atoms with Crippen molar-refractivity contribution < 1.29 is 5.11 Å². The SMILES string of the molecule is Cc1ccc2c(c1)nc(C(C)(C)O)n2C1CCN(CC2Cc3cccc(Cl)c3C2)CC1. The van der Waals surface area contributed by atoms with Crippen LogP contribution in [0.5, 0.6) is 0 Å². The van der Waals surface area contributed by atoms with Crippen molar-refractivity contribution in [1.29, 1.82) is 0 Å². The summed E-state index contributed by atoms with van der Waals surface area (Å²) in [5.41, 5.74) is 5.16. The fourth-order valence-electron chi connectivity index (χ4n) is 5.56. The van der Waals surface area contributed by atoms with Gasteiger partial charge in [-0.1, -0.05) is 29.8 Å². The highest BCUT2D eigenvalue weighted by molar-refractivity contribution is 6.31. The summed E-state index contributed by atoms with van der Waals surface area (Å²) in [6.07, 6.45) is 4.42. The lowest BCUT2D eigenvalue weighted by molar-refractivity contribution is 0.0603. The van der Waals surface area contributed by atoms with Crippen LogP contribution in [0, 0.1) is 12.8 Å². The van der Waals surface area contributed by atoms with Crippen LogP contribution in [-0.2, 0) is 18.4 Å². The van der Waals surface area contributed by atoms with Gasteiger partial charge >= 0.3 is 0 Å². The second-order valence-corrected chi connectivity index (χ2v) is 10.4. The van der Waals surface area contributed by atoms with Gasteiger partial charge in [-0.05, 0) is 87.3 Å². The van der Waals surface area contributed by atoms with Crippen molar-refractivity contribution in [1.82, 2.24) is 14.5 Å². The van der Waals surface area contributed by atoms with E-state index in [1.54, 1.807) is 0 Å². The molecule has 0 bridgehead atoms. The molecular formula is C26H32ClN3O. The molecule has 1 atom stereocenters. The van der Waals surface area contributed by atoms with E-state index in [1.807, 2.05) is 19.9 Å². The molecule has 1 saturated heterocycles. The van der Waals surface area contributed by atoms with E-state index in [0.717, 1.165) is 67.2 Å². The second kappa shape index (κ2) is 7.91. The molecule has 0 amide bonds. The first-order chi connectivity index (χ1) is 14.8. The van der Waals surface area contributed by atoms with Crippen molar-refractivity contribution in [2.45, 2.75) is 58.1 Å². The zero-order valence-corrected chi connectivity index (χ0v) is 19.5. The molecule has 0 radical (unpaired) electrons. The summed E-state index contributed by atoms with van der Waals surface area (Å²) in [5, 5.41) is 11.7. The van der Waals surface area contributed by atoms with Gasteiger partial charge in [-0.2, -0.15) is 0 Å². The van der Waals surface area contributed by atoms with Crippen LogP contribution in [0.15, 0.2) is 36.4 Å². The maximum atomic E-state index is 10.8. The number of halogens is 1. The average molecular weight is 438 g/mol. The fraction of sp³-hybridized carbons (Fsp3) is 0.500. The van der Waals surface area contributed by atoms with Crippen LogP contribution in [-0.4, -0.2) is 39.2 Å². The third-order valence-electron chi connectivity index (χ3n) is 7.05. The van der Waals surface area contributed by atoms with Crippen molar-refractivity contribution in [2.24, 2.45) is 5.92 Å². The molecule has 1 aliphatic carbocycles. The van der Waals surface area contributed by atoms with Gasteiger partial charge in [-0.25, -0.2) is 4.98 Å². The van der Waals surface area contributed by atoms with Crippen LogP contribution < -0.4 is 0 Å². The van der Waals surface area contributed by atoms with Gasteiger partial charge in [-0.3, -0.25) is 0 Å². The van der Waals surface area contributed by atoms with Gasteiger partial charge in [0, 0.05) is 30.7 Å². The molecule has 0 spiro atoms. The number of fused-ring (bicyclic) bond motifs is 2. The Morgan fingerprint density at radius 2 is 1.90 bits per heavy atom. The smallest absolute Gasteiger partial charge is 0.141 e. The predicted octanol–water partition coefficient (Wildman–Crippen LogP) is 5.28. The number of imidazole rings is 1. The molecule has 1 aromatic heterocycles. The summed E-state index contributed by atoms with van der Waals surface area (Å²) in [6, 6.07) is 13.1. The molecule has 1 N–H and O–H groups in total. The standard InChI is InChI=1S/C26H32ClN3O/c1-17-7-8-24-23(13-17)28-25(26(2,3)31)30(24)20-9-11-29(12-10-20)16-18-14-19-5-4-6-22(27)21(19)15-18/h4-8,13,18,20,31H,9-12,14-16H2,1-3H3. The summed E-state index contributed by atoms with van der Waals surface area (Å²) < 4.78 is 2.32. The topological polar surface area (TPSA) is 41.3 Å². The number of aromatic nitrogens is 2. The Morgan fingerprint density at radius 1 is 1.13 bits per heavy atom. The number of aliphatic hydroxyl groups is 1. The van der Waals surface area contributed by atoms with Gasteiger partial charge in [0.2, 0.25) is 0 Å². The molecule has 2 aliphatic rings. The molecule has 4 nitrogen and oxygen atoms in total. The molecule has 31 heavy (non-hydrogen) atoms. The van der Waals surface area contributed by atoms with Gasteiger partial charge in [-0.15, -0.1) is 0 Å². The Hall–Kier alpha value is -1.88. The van der Waals surface area contributed by atoms with Gasteiger partial charge in [0.15, 0.2) is 0 Å². The van der Waals surface area contributed by atoms with E-state index >= 15 is 0 Å². The van der Waals surface area contributed by atoms with E-state index in [4.69, 9.17) is 16.6 Å². The lowest BCUT2D eigenvalue weighted by Gasteiger charge is -2.35. The van der Waals surface area contributed by atoms with Crippen molar-refractivity contribution in [3.8, 4) is 0 Å². The molecule has 1 fully saturated rings. The molecule has 1 unspecified atom stereocenters. The molecule has 164 valence electrons. The zero-order valence-electron chi connectivity index (χ0n) is 18.7. The Labute approximate surface area is 189 Å². The van der Waals surface area contributed by atoms with Gasteiger partial charge in [0.25, 0.3) is 0 Å². The molecular weight excluding hydrogens is 406 g/mol. The molecule has 3 aromatic rings.